The molecule has 2 fully saturated rings. The lowest BCUT2D eigenvalue weighted by Gasteiger charge is -2.35. The summed E-state index contributed by atoms with van der Waals surface area (Å²) in [6.45, 7) is 13.7. The Bertz CT molecular complexity index is 359. The van der Waals surface area contributed by atoms with E-state index in [9.17, 15) is 4.79 Å². The second kappa shape index (κ2) is 7.64. The van der Waals surface area contributed by atoms with Gasteiger partial charge in [-0.05, 0) is 39.5 Å². The van der Waals surface area contributed by atoms with E-state index < -0.39 is 5.60 Å². The van der Waals surface area contributed by atoms with Crippen LogP contribution in [-0.2, 0) is 4.74 Å². The Hall–Kier alpha value is -0.810. The molecule has 0 spiro atoms. The van der Waals surface area contributed by atoms with Gasteiger partial charge in [0.25, 0.3) is 0 Å². The Kier molecular flexibility index (Phi) is 6.09. The average molecular weight is 311 g/mol. The number of nitrogens with one attached hydrogen (secondary N) is 1. The average Bonchev–Trinajstić information content (AvgIpc) is 2.83. The molecule has 1 aliphatic heterocycles. The number of carbonyl (C=O) groups excluding carboxylic acids is 1. The van der Waals surface area contributed by atoms with Crippen LogP contribution in [0.15, 0.2) is 0 Å². The van der Waals surface area contributed by atoms with E-state index >= 15 is 0 Å². The van der Waals surface area contributed by atoms with Crippen molar-refractivity contribution in [3.05, 3.63) is 0 Å². The van der Waals surface area contributed by atoms with Crippen LogP contribution in [0.4, 0.5) is 4.79 Å². The Morgan fingerprint density at radius 3 is 2.41 bits per heavy atom. The van der Waals surface area contributed by atoms with Gasteiger partial charge in [-0.3, -0.25) is 4.90 Å². The van der Waals surface area contributed by atoms with Crippen LogP contribution in [0.25, 0.3) is 0 Å². The molecule has 1 amide bonds. The van der Waals surface area contributed by atoms with Crippen molar-refractivity contribution in [3.63, 3.8) is 0 Å². The molecular formula is C17H33N3O2. The molecule has 0 aromatic carbocycles. The predicted molar refractivity (Wildman–Crippen MR) is 89.1 cm³/mol. The monoisotopic (exact) mass is 311 g/mol. The van der Waals surface area contributed by atoms with Gasteiger partial charge in [0.1, 0.15) is 5.60 Å². The van der Waals surface area contributed by atoms with E-state index in [0.29, 0.717) is 6.04 Å². The number of nitrogens with zero attached hydrogens (tertiary/aromatic N) is 2. The van der Waals surface area contributed by atoms with E-state index in [1.807, 2.05) is 25.7 Å². The summed E-state index contributed by atoms with van der Waals surface area (Å²) in [5.74, 6) is 0.823. The second-order valence-electron chi connectivity index (χ2n) is 7.78. The first-order valence-corrected chi connectivity index (χ1v) is 8.79. The van der Waals surface area contributed by atoms with Crippen molar-refractivity contribution in [2.24, 2.45) is 5.92 Å². The first-order valence-electron chi connectivity index (χ1n) is 8.79. The first-order chi connectivity index (χ1) is 10.3. The van der Waals surface area contributed by atoms with Crippen LogP contribution in [0, 0.1) is 5.92 Å². The third kappa shape index (κ3) is 5.43. The highest BCUT2D eigenvalue weighted by Gasteiger charge is 2.26. The van der Waals surface area contributed by atoms with Crippen LogP contribution >= 0.6 is 0 Å². The van der Waals surface area contributed by atoms with Gasteiger partial charge in [-0.1, -0.05) is 13.3 Å². The zero-order valence-corrected chi connectivity index (χ0v) is 14.7. The highest BCUT2D eigenvalue weighted by Crippen LogP contribution is 2.24. The molecule has 1 heterocycles. The zero-order valence-electron chi connectivity index (χ0n) is 14.7. The third-order valence-corrected chi connectivity index (χ3v) is 4.72. The molecule has 0 aromatic heterocycles. The lowest BCUT2D eigenvalue weighted by Crippen LogP contribution is -2.51. The van der Waals surface area contributed by atoms with Crippen molar-refractivity contribution in [1.82, 2.24) is 15.1 Å². The van der Waals surface area contributed by atoms with Gasteiger partial charge in [0.15, 0.2) is 0 Å². The molecule has 5 heteroatoms. The molecule has 128 valence electrons. The molecule has 22 heavy (non-hydrogen) atoms. The van der Waals surface area contributed by atoms with E-state index in [2.05, 4.69) is 17.1 Å². The van der Waals surface area contributed by atoms with Gasteiger partial charge >= 0.3 is 6.09 Å². The fourth-order valence-corrected chi connectivity index (χ4v) is 3.34. The summed E-state index contributed by atoms with van der Waals surface area (Å²) in [5, 5.41) is 3.70. The maximum absolute atomic E-state index is 12.0. The molecule has 1 aliphatic carbocycles. The molecule has 2 atom stereocenters. The Morgan fingerprint density at radius 2 is 1.86 bits per heavy atom. The summed E-state index contributed by atoms with van der Waals surface area (Å²) in [5.41, 5.74) is -0.407. The summed E-state index contributed by atoms with van der Waals surface area (Å²) in [4.78, 5) is 16.3. The number of hydrogen-bond acceptors (Lipinski definition) is 4. The lowest BCUT2D eigenvalue weighted by molar-refractivity contribution is 0.0146. The van der Waals surface area contributed by atoms with E-state index in [0.717, 1.165) is 45.2 Å². The van der Waals surface area contributed by atoms with E-state index in [-0.39, 0.29) is 6.09 Å². The van der Waals surface area contributed by atoms with Gasteiger partial charge in [-0.15, -0.1) is 0 Å². The maximum Gasteiger partial charge on any atom is 0.410 e. The Labute approximate surface area is 135 Å². The molecule has 1 saturated carbocycles. The minimum absolute atomic E-state index is 0.176. The quantitative estimate of drug-likeness (QED) is 0.865. The van der Waals surface area contributed by atoms with Gasteiger partial charge in [0.05, 0.1) is 0 Å². The van der Waals surface area contributed by atoms with Crippen LogP contribution in [0.3, 0.4) is 0 Å². The number of carbonyl (C=O) groups is 1. The van der Waals surface area contributed by atoms with Crippen LogP contribution in [0.1, 0.15) is 47.0 Å². The largest absolute Gasteiger partial charge is 0.444 e. The number of amides is 1. The van der Waals surface area contributed by atoms with Gasteiger partial charge < -0.3 is 15.0 Å². The molecule has 2 rings (SSSR count). The molecular weight excluding hydrogens is 278 g/mol. The van der Waals surface area contributed by atoms with E-state index in [1.54, 1.807) is 0 Å². The number of hydrogen-bond donors (Lipinski definition) is 1. The van der Waals surface area contributed by atoms with Crippen LogP contribution in [-0.4, -0.2) is 66.8 Å². The maximum atomic E-state index is 12.0. The summed E-state index contributed by atoms with van der Waals surface area (Å²) < 4.78 is 5.43. The van der Waals surface area contributed by atoms with E-state index in [4.69, 9.17) is 4.74 Å². The zero-order chi connectivity index (χ0) is 16.2. The fourth-order valence-electron chi connectivity index (χ4n) is 3.34. The van der Waals surface area contributed by atoms with Crippen LogP contribution in [0.2, 0.25) is 0 Å². The summed E-state index contributed by atoms with van der Waals surface area (Å²) in [6, 6.07) is 0.711. The summed E-state index contributed by atoms with van der Waals surface area (Å²) in [7, 11) is 0. The number of rotatable bonds is 4. The second-order valence-corrected chi connectivity index (χ2v) is 7.78. The topological polar surface area (TPSA) is 44.8 Å². The fraction of sp³-hybridized carbons (Fsp3) is 0.941. The van der Waals surface area contributed by atoms with E-state index in [1.165, 1.54) is 19.3 Å². The lowest BCUT2D eigenvalue weighted by atomic mass is 10.1. The van der Waals surface area contributed by atoms with Gasteiger partial charge in [-0.2, -0.15) is 0 Å². The van der Waals surface area contributed by atoms with Crippen molar-refractivity contribution in [3.8, 4) is 0 Å². The minimum Gasteiger partial charge on any atom is -0.444 e. The highest BCUT2D eigenvalue weighted by atomic mass is 16.6. The molecule has 0 radical (unpaired) electrons. The van der Waals surface area contributed by atoms with Crippen molar-refractivity contribution in [2.75, 3.05) is 39.3 Å². The normalized spacial score (nSPS) is 27.2. The van der Waals surface area contributed by atoms with Crippen LogP contribution in [0.5, 0.6) is 0 Å². The smallest absolute Gasteiger partial charge is 0.410 e. The van der Waals surface area contributed by atoms with Gasteiger partial charge in [-0.25, -0.2) is 4.79 Å². The molecule has 5 nitrogen and oxygen atoms in total. The molecule has 1 N–H and O–H groups in total. The number of piperazine rings is 1. The standard InChI is InChI=1S/C17H33N3O2/c1-14-6-5-7-15(14)18-8-9-19-10-12-20(13-11-19)16(21)22-17(2,3)4/h14-15,18H,5-13H2,1-4H3. The molecule has 2 aliphatic rings. The Morgan fingerprint density at radius 1 is 1.18 bits per heavy atom. The molecule has 2 unspecified atom stereocenters. The van der Waals surface area contributed by atoms with Gasteiger partial charge in [0, 0.05) is 45.3 Å². The van der Waals surface area contributed by atoms with Gasteiger partial charge in [0.2, 0.25) is 0 Å². The third-order valence-electron chi connectivity index (χ3n) is 4.72. The van der Waals surface area contributed by atoms with Crippen LogP contribution < -0.4 is 5.32 Å². The van der Waals surface area contributed by atoms with Crippen molar-refractivity contribution in [2.45, 2.75) is 58.6 Å². The molecule has 0 aromatic rings. The van der Waals surface area contributed by atoms with Crippen molar-refractivity contribution >= 4 is 6.09 Å². The van der Waals surface area contributed by atoms with Crippen molar-refractivity contribution < 1.29 is 9.53 Å². The molecule has 0 bridgehead atoms. The van der Waals surface area contributed by atoms with Crippen molar-refractivity contribution in [1.29, 1.82) is 0 Å². The minimum atomic E-state index is -0.407. The first kappa shape index (κ1) is 17.5. The SMILES string of the molecule is CC1CCCC1NCCN1CCN(C(=O)OC(C)(C)C)CC1. The highest BCUT2D eigenvalue weighted by molar-refractivity contribution is 5.68. The molecule has 1 saturated heterocycles. The predicted octanol–water partition coefficient (Wildman–Crippen LogP) is 2.32. The summed E-state index contributed by atoms with van der Waals surface area (Å²) in [6.07, 6.45) is 3.89. The Balaban J connectivity index is 1.61. The number of ether oxygens (including phenoxy) is 1. The summed E-state index contributed by atoms with van der Waals surface area (Å²) >= 11 is 0.